The normalized spacial score (nSPS) is 11.4. The van der Waals surface area contributed by atoms with E-state index < -0.39 is 11.7 Å². The highest BCUT2D eigenvalue weighted by Crippen LogP contribution is 2.30. The maximum Gasteiger partial charge on any atom is 0.416 e. The topological polar surface area (TPSA) is 47.6 Å². The van der Waals surface area contributed by atoms with Gasteiger partial charge < -0.3 is 14.8 Å². The molecule has 0 fully saturated rings. The predicted octanol–water partition coefficient (Wildman–Crippen LogP) is 4.53. The Bertz CT molecular complexity index is 785. The Balaban J connectivity index is 2.09. The maximum atomic E-state index is 12.7. The van der Waals surface area contributed by atoms with Gasteiger partial charge in [-0.1, -0.05) is 6.07 Å². The number of halogens is 3. The van der Waals surface area contributed by atoms with E-state index in [1.807, 2.05) is 0 Å². The summed E-state index contributed by atoms with van der Waals surface area (Å²) in [6.07, 6.45) is -1.91. The number of rotatable bonds is 6. The van der Waals surface area contributed by atoms with Gasteiger partial charge in [0.2, 0.25) is 0 Å². The monoisotopic (exact) mass is 351 g/mol. The summed E-state index contributed by atoms with van der Waals surface area (Å²) in [6, 6.07) is 9.39. The Hall–Kier alpha value is -2.96. The standard InChI is InChI=1S/C18H16F3NO3/c1-24-16-7-6-12(10-17(16)25-2)15(23)8-9-22-14-5-3-4-13(11-14)18(19,20)21/h3-11,22H,1-2H3/b9-8+. The number of ketones is 1. The van der Waals surface area contributed by atoms with Gasteiger partial charge in [0, 0.05) is 23.5 Å². The van der Waals surface area contributed by atoms with E-state index in [1.165, 1.54) is 44.7 Å². The van der Waals surface area contributed by atoms with Crippen LogP contribution in [0.1, 0.15) is 15.9 Å². The van der Waals surface area contributed by atoms with Crippen molar-refractivity contribution in [2.45, 2.75) is 6.18 Å². The number of carbonyl (C=O) groups excluding carboxylic acids is 1. The minimum absolute atomic E-state index is 0.228. The molecule has 0 atom stereocenters. The molecule has 0 aliphatic carbocycles. The third-order valence-electron chi connectivity index (χ3n) is 3.34. The van der Waals surface area contributed by atoms with Gasteiger partial charge in [0.05, 0.1) is 19.8 Å². The smallest absolute Gasteiger partial charge is 0.416 e. The van der Waals surface area contributed by atoms with Gasteiger partial charge in [0.1, 0.15) is 0 Å². The van der Waals surface area contributed by atoms with Crippen LogP contribution < -0.4 is 14.8 Å². The number of allylic oxidation sites excluding steroid dienone is 1. The Kier molecular flexibility index (Phi) is 5.69. The van der Waals surface area contributed by atoms with Gasteiger partial charge in [-0.15, -0.1) is 0 Å². The average molecular weight is 351 g/mol. The first kappa shape index (κ1) is 18.4. The van der Waals surface area contributed by atoms with Crippen LogP contribution in [0.4, 0.5) is 18.9 Å². The zero-order valence-corrected chi connectivity index (χ0v) is 13.6. The fraction of sp³-hybridized carbons (Fsp3) is 0.167. The third kappa shape index (κ3) is 4.76. The third-order valence-corrected chi connectivity index (χ3v) is 3.34. The number of anilines is 1. The van der Waals surface area contributed by atoms with Crippen LogP contribution in [0.3, 0.4) is 0 Å². The van der Waals surface area contributed by atoms with Crippen LogP contribution in [0.25, 0.3) is 0 Å². The highest BCUT2D eigenvalue weighted by atomic mass is 19.4. The zero-order chi connectivity index (χ0) is 18.4. The molecule has 0 amide bonds. The van der Waals surface area contributed by atoms with Crippen molar-refractivity contribution in [3.05, 3.63) is 65.9 Å². The van der Waals surface area contributed by atoms with Gasteiger partial charge in [-0.25, -0.2) is 0 Å². The predicted molar refractivity (Wildman–Crippen MR) is 88.1 cm³/mol. The molecule has 0 aromatic heterocycles. The van der Waals surface area contributed by atoms with Gasteiger partial charge in [-0.2, -0.15) is 13.2 Å². The zero-order valence-electron chi connectivity index (χ0n) is 13.6. The minimum Gasteiger partial charge on any atom is -0.493 e. The second kappa shape index (κ2) is 7.74. The van der Waals surface area contributed by atoms with Crippen molar-refractivity contribution >= 4 is 11.5 Å². The molecule has 7 heteroatoms. The first-order valence-electron chi connectivity index (χ1n) is 7.22. The first-order valence-corrected chi connectivity index (χ1v) is 7.22. The van der Waals surface area contributed by atoms with Gasteiger partial charge in [0.25, 0.3) is 0 Å². The van der Waals surface area contributed by atoms with E-state index in [-0.39, 0.29) is 11.5 Å². The maximum absolute atomic E-state index is 12.7. The Labute approximate surface area is 142 Å². The summed E-state index contributed by atoms with van der Waals surface area (Å²) in [4.78, 5) is 12.1. The molecule has 0 heterocycles. The van der Waals surface area contributed by atoms with Crippen LogP contribution in [0, 0.1) is 0 Å². The van der Waals surface area contributed by atoms with Crippen LogP contribution in [-0.4, -0.2) is 20.0 Å². The Morgan fingerprint density at radius 3 is 2.40 bits per heavy atom. The van der Waals surface area contributed by atoms with Gasteiger partial charge in [-0.3, -0.25) is 4.79 Å². The summed E-state index contributed by atoms with van der Waals surface area (Å²) in [5.74, 6) is 0.568. The Morgan fingerprint density at radius 1 is 1.04 bits per heavy atom. The number of nitrogens with one attached hydrogen (secondary N) is 1. The van der Waals surface area contributed by atoms with Crippen molar-refractivity contribution in [3.8, 4) is 11.5 Å². The summed E-state index contributed by atoms with van der Waals surface area (Å²) in [6.45, 7) is 0. The molecule has 1 N–H and O–H groups in total. The minimum atomic E-state index is -4.42. The summed E-state index contributed by atoms with van der Waals surface area (Å²) >= 11 is 0. The van der Waals surface area contributed by atoms with Crippen molar-refractivity contribution in [1.29, 1.82) is 0 Å². The average Bonchev–Trinajstić information content (AvgIpc) is 2.60. The van der Waals surface area contributed by atoms with E-state index in [4.69, 9.17) is 9.47 Å². The molecule has 132 valence electrons. The van der Waals surface area contributed by atoms with E-state index in [2.05, 4.69) is 5.32 Å². The SMILES string of the molecule is COc1ccc(C(=O)/C=C/Nc2cccc(C(F)(F)F)c2)cc1OC. The Morgan fingerprint density at radius 2 is 1.76 bits per heavy atom. The molecule has 2 aromatic rings. The second-order valence-corrected chi connectivity index (χ2v) is 4.99. The number of hydrogen-bond acceptors (Lipinski definition) is 4. The molecule has 0 unspecified atom stereocenters. The number of methoxy groups -OCH3 is 2. The van der Waals surface area contributed by atoms with Crippen LogP contribution >= 0.6 is 0 Å². The number of ether oxygens (including phenoxy) is 2. The molecule has 0 saturated carbocycles. The lowest BCUT2D eigenvalue weighted by Crippen LogP contribution is -2.05. The molecular weight excluding hydrogens is 335 g/mol. The van der Waals surface area contributed by atoms with E-state index in [9.17, 15) is 18.0 Å². The van der Waals surface area contributed by atoms with E-state index in [0.29, 0.717) is 17.1 Å². The van der Waals surface area contributed by atoms with E-state index >= 15 is 0 Å². The molecule has 0 spiro atoms. The summed E-state index contributed by atoms with van der Waals surface area (Å²) in [5.41, 5.74) is -0.178. The summed E-state index contributed by atoms with van der Waals surface area (Å²) in [7, 11) is 2.94. The van der Waals surface area contributed by atoms with Crippen molar-refractivity contribution < 1.29 is 27.4 Å². The second-order valence-electron chi connectivity index (χ2n) is 4.99. The highest BCUT2D eigenvalue weighted by Gasteiger charge is 2.30. The lowest BCUT2D eigenvalue weighted by Gasteiger charge is -2.09. The van der Waals surface area contributed by atoms with Crippen molar-refractivity contribution in [2.75, 3.05) is 19.5 Å². The summed E-state index contributed by atoms with van der Waals surface area (Å²) < 4.78 is 48.2. The van der Waals surface area contributed by atoms with E-state index in [1.54, 1.807) is 12.1 Å². The van der Waals surface area contributed by atoms with Crippen molar-refractivity contribution in [3.63, 3.8) is 0 Å². The number of hydrogen-bond donors (Lipinski definition) is 1. The quantitative estimate of drug-likeness (QED) is 0.614. The van der Waals surface area contributed by atoms with Crippen LogP contribution in [-0.2, 0) is 6.18 Å². The molecule has 2 aromatic carbocycles. The van der Waals surface area contributed by atoms with Gasteiger partial charge in [0.15, 0.2) is 17.3 Å². The fourth-order valence-electron chi connectivity index (χ4n) is 2.08. The van der Waals surface area contributed by atoms with Crippen molar-refractivity contribution in [2.24, 2.45) is 0 Å². The largest absolute Gasteiger partial charge is 0.493 e. The number of benzene rings is 2. The summed E-state index contributed by atoms with van der Waals surface area (Å²) in [5, 5.41) is 2.65. The van der Waals surface area contributed by atoms with Crippen LogP contribution in [0.15, 0.2) is 54.7 Å². The lowest BCUT2D eigenvalue weighted by atomic mass is 10.1. The van der Waals surface area contributed by atoms with Crippen LogP contribution in [0.2, 0.25) is 0 Å². The van der Waals surface area contributed by atoms with E-state index in [0.717, 1.165) is 12.1 Å². The van der Waals surface area contributed by atoms with Gasteiger partial charge >= 0.3 is 6.18 Å². The first-order chi connectivity index (χ1) is 11.8. The molecule has 0 aliphatic rings. The molecule has 0 bridgehead atoms. The number of alkyl halides is 3. The number of carbonyl (C=O) groups is 1. The molecule has 0 saturated heterocycles. The highest BCUT2D eigenvalue weighted by molar-refractivity contribution is 6.05. The fourth-order valence-corrected chi connectivity index (χ4v) is 2.08. The lowest BCUT2D eigenvalue weighted by molar-refractivity contribution is -0.137. The molecule has 0 radical (unpaired) electrons. The molecule has 0 aliphatic heterocycles. The molecular formula is C18H16F3NO3. The molecule has 25 heavy (non-hydrogen) atoms. The molecule has 4 nitrogen and oxygen atoms in total. The molecule has 2 rings (SSSR count). The van der Waals surface area contributed by atoms with Crippen molar-refractivity contribution in [1.82, 2.24) is 0 Å². The van der Waals surface area contributed by atoms with Crippen LogP contribution in [0.5, 0.6) is 11.5 Å². The van der Waals surface area contributed by atoms with Gasteiger partial charge in [-0.05, 0) is 36.4 Å².